The van der Waals surface area contributed by atoms with Gasteiger partial charge in [-0.3, -0.25) is 0 Å². The molecule has 3 unspecified atom stereocenters. The molecule has 0 heterocycles. The molecule has 20 heavy (non-hydrogen) atoms. The van der Waals surface area contributed by atoms with Crippen LogP contribution in [0.5, 0.6) is 5.75 Å². The topological polar surface area (TPSA) is 21.3 Å². The molecule has 0 spiro atoms. The lowest BCUT2D eigenvalue weighted by Crippen LogP contribution is -2.29. The first kappa shape index (κ1) is 15.8. The molecule has 2 nitrogen and oxygen atoms in total. The summed E-state index contributed by atoms with van der Waals surface area (Å²) >= 11 is 3.55. The van der Waals surface area contributed by atoms with E-state index < -0.39 is 0 Å². The van der Waals surface area contributed by atoms with Gasteiger partial charge in [-0.1, -0.05) is 29.8 Å². The minimum atomic E-state index is 0.293. The minimum absolute atomic E-state index is 0.293. The van der Waals surface area contributed by atoms with Crippen LogP contribution in [0.25, 0.3) is 0 Å². The molecule has 2 rings (SSSR count). The van der Waals surface area contributed by atoms with E-state index in [0.717, 1.165) is 22.1 Å². The number of hydrogen-bond acceptors (Lipinski definition) is 2. The van der Waals surface area contributed by atoms with Crippen LogP contribution in [0.1, 0.15) is 51.6 Å². The van der Waals surface area contributed by atoms with Crippen molar-refractivity contribution in [1.29, 1.82) is 0 Å². The number of nitrogens with one attached hydrogen (secondary N) is 1. The van der Waals surface area contributed by atoms with Crippen LogP contribution in [-0.2, 0) is 0 Å². The third-order valence-electron chi connectivity index (χ3n) is 4.30. The highest BCUT2D eigenvalue weighted by Gasteiger charge is 2.26. The Labute approximate surface area is 131 Å². The second kappa shape index (κ2) is 6.95. The molecule has 1 aliphatic rings. The predicted octanol–water partition coefficient (Wildman–Crippen LogP) is 4.93. The van der Waals surface area contributed by atoms with Gasteiger partial charge in [-0.15, -0.1) is 0 Å². The van der Waals surface area contributed by atoms with Crippen molar-refractivity contribution in [2.75, 3.05) is 7.05 Å². The zero-order valence-electron chi connectivity index (χ0n) is 12.9. The Kier molecular flexibility index (Phi) is 5.50. The lowest BCUT2D eigenvalue weighted by atomic mass is 9.82. The van der Waals surface area contributed by atoms with Crippen LogP contribution in [0, 0.1) is 11.8 Å². The van der Waals surface area contributed by atoms with Crippen molar-refractivity contribution in [2.45, 2.75) is 52.2 Å². The van der Waals surface area contributed by atoms with E-state index in [1.54, 1.807) is 0 Å². The zero-order chi connectivity index (χ0) is 14.7. The van der Waals surface area contributed by atoms with Crippen LogP contribution in [0.15, 0.2) is 22.7 Å². The molecule has 3 heteroatoms. The molecule has 0 amide bonds. The Bertz CT molecular complexity index is 439. The van der Waals surface area contributed by atoms with E-state index in [1.807, 2.05) is 7.05 Å². The predicted molar refractivity (Wildman–Crippen MR) is 88.2 cm³/mol. The fourth-order valence-corrected chi connectivity index (χ4v) is 3.65. The van der Waals surface area contributed by atoms with Gasteiger partial charge in [0.25, 0.3) is 0 Å². The standard InChI is InChI=1S/C17H26BrNO/c1-11-7-12(2)9-15(8-11)20-17-6-5-14(18)10-16(17)13(3)19-4/h5-6,10-13,15,19H,7-9H2,1-4H3. The summed E-state index contributed by atoms with van der Waals surface area (Å²) in [6, 6.07) is 6.61. The average Bonchev–Trinajstić information content (AvgIpc) is 2.38. The molecule has 1 fully saturated rings. The van der Waals surface area contributed by atoms with Gasteiger partial charge < -0.3 is 10.1 Å². The summed E-state index contributed by atoms with van der Waals surface area (Å²) in [5.74, 6) is 2.56. The zero-order valence-corrected chi connectivity index (χ0v) is 14.5. The van der Waals surface area contributed by atoms with Gasteiger partial charge in [-0.2, -0.15) is 0 Å². The summed E-state index contributed by atoms with van der Waals surface area (Å²) < 4.78 is 7.45. The number of rotatable bonds is 4. The Morgan fingerprint density at radius 3 is 2.45 bits per heavy atom. The van der Waals surface area contributed by atoms with Crippen molar-refractivity contribution in [1.82, 2.24) is 5.32 Å². The molecule has 1 aromatic carbocycles. The van der Waals surface area contributed by atoms with Crippen molar-refractivity contribution in [3.63, 3.8) is 0 Å². The van der Waals surface area contributed by atoms with E-state index in [-0.39, 0.29) is 0 Å². The Balaban J connectivity index is 2.16. The van der Waals surface area contributed by atoms with Gasteiger partial charge in [-0.25, -0.2) is 0 Å². The number of halogens is 1. The van der Waals surface area contributed by atoms with Crippen LogP contribution >= 0.6 is 15.9 Å². The molecule has 0 radical (unpaired) electrons. The van der Waals surface area contributed by atoms with Crippen LogP contribution in [0.2, 0.25) is 0 Å². The van der Waals surface area contributed by atoms with E-state index in [2.05, 4.69) is 60.2 Å². The molecule has 1 aliphatic carbocycles. The smallest absolute Gasteiger partial charge is 0.124 e. The van der Waals surface area contributed by atoms with Crippen molar-refractivity contribution >= 4 is 15.9 Å². The molecule has 1 N–H and O–H groups in total. The van der Waals surface area contributed by atoms with Crippen molar-refractivity contribution in [2.24, 2.45) is 11.8 Å². The largest absolute Gasteiger partial charge is 0.490 e. The van der Waals surface area contributed by atoms with Crippen LogP contribution in [0.4, 0.5) is 0 Å². The SMILES string of the molecule is CNC(C)c1cc(Br)ccc1OC1CC(C)CC(C)C1. The normalized spacial score (nSPS) is 28.1. The quantitative estimate of drug-likeness (QED) is 0.839. The monoisotopic (exact) mass is 339 g/mol. The minimum Gasteiger partial charge on any atom is -0.490 e. The van der Waals surface area contributed by atoms with Gasteiger partial charge in [0.2, 0.25) is 0 Å². The molecular weight excluding hydrogens is 314 g/mol. The number of hydrogen-bond donors (Lipinski definition) is 1. The van der Waals surface area contributed by atoms with Gasteiger partial charge in [-0.05, 0) is 63.3 Å². The maximum Gasteiger partial charge on any atom is 0.124 e. The van der Waals surface area contributed by atoms with Gasteiger partial charge in [0.05, 0.1) is 6.10 Å². The first-order valence-electron chi connectivity index (χ1n) is 7.63. The fourth-order valence-electron chi connectivity index (χ4n) is 3.27. The first-order valence-corrected chi connectivity index (χ1v) is 8.42. The van der Waals surface area contributed by atoms with E-state index in [4.69, 9.17) is 4.74 Å². The van der Waals surface area contributed by atoms with Crippen LogP contribution in [0.3, 0.4) is 0 Å². The van der Waals surface area contributed by atoms with E-state index in [9.17, 15) is 0 Å². The maximum atomic E-state index is 6.34. The summed E-state index contributed by atoms with van der Waals surface area (Å²) in [5.41, 5.74) is 1.23. The van der Waals surface area contributed by atoms with E-state index >= 15 is 0 Å². The summed E-state index contributed by atoms with van der Waals surface area (Å²) in [6.45, 7) is 6.84. The van der Waals surface area contributed by atoms with Crippen LogP contribution < -0.4 is 10.1 Å². The lowest BCUT2D eigenvalue weighted by molar-refractivity contribution is 0.0996. The Hall–Kier alpha value is -0.540. The molecule has 1 saturated carbocycles. The molecule has 3 atom stereocenters. The van der Waals surface area contributed by atoms with Gasteiger partial charge in [0.15, 0.2) is 0 Å². The second-order valence-corrected chi connectivity index (χ2v) is 7.27. The van der Waals surface area contributed by atoms with Gasteiger partial charge in [0.1, 0.15) is 5.75 Å². The van der Waals surface area contributed by atoms with Crippen molar-refractivity contribution in [3.05, 3.63) is 28.2 Å². The third kappa shape index (κ3) is 3.98. The number of ether oxygens (including phenoxy) is 1. The summed E-state index contributed by atoms with van der Waals surface area (Å²) in [5, 5.41) is 3.30. The first-order chi connectivity index (χ1) is 9.49. The molecule has 0 saturated heterocycles. The highest BCUT2D eigenvalue weighted by Crippen LogP contribution is 2.34. The highest BCUT2D eigenvalue weighted by molar-refractivity contribution is 9.10. The van der Waals surface area contributed by atoms with E-state index in [1.165, 1.54) is 24.8 Å². The maximum absolute atomic E-state index is 6.34. The average molecular weight is 340 g/mol. The molecule has 0 aliphatic heterocycles. The third-order valence-corrected chi connectivity index (χ3v) is 4.79. The molecule has 0 bridgehead atoms. The van der Waals surface area contributed by atoms with Crippen molar-refractivity contribution in [3.8, 4) is 5.75 Å². The Morgan fingerprint density at radius 2 is 1.85 bits per heavy atom. The second-order valence-electron chi connectivity index (χ2n) is 6.35. The summed E-state index contributed by atoms with van der Waals surface area (Å²) in [4.78, 5) is 0. The van der Waals surface area contributed by atoms with Gasteiger partial charge >= 0.3 is 0 Å². The fraction of sp³-hybridized carbons (Fsp3) is 0.647. The molecular formula is C17H26BrNO. The highest BCUT2D eigenvalue weighted by atomic mass is 79.9. The number of benzene rings is 1. The van der Waals surface area contributed by atoms with E-state index in [0.29, 0.717) is 12.1 Å². The summed E-state index contributed by atoms with van der Waals surface area (Å²) in [6.07, 6.45) is 4.04. The van der Waals surface area contributed by atoms with Crippen LogP contribution in [-0.4, -0.2) is 13.2 Å². The van der Waals surface area contributed by atoms with Gasteiger partial charge in [0, 0.05) is 16.1 Å². The summed E-state index contributed by atoms with van der Waals surface area (Å²) in [7, 11) is 1.99. The molecule has 0 aromatic heterocycles. The van der Waals surface area contributed by atoms with Crippen molar-refractivity contribution < 1.29 is 4.74 Å². The lowest BCUT2D eigenvalue weighted by Gasteiger charge is -2.32. The molecule has 112 valence electrons. The Morgan fingerprint density at radius 1 is 1.20 bits per heavy atom. The molecule has 1 aromatic rings.